The van der Waals surface area contributed by atoms with Crippen molar-refractivity contribution in [1.29, 1.82) is 0 Å². The van der Waals surface area contributed by atoms with Crippen LogP contribution in [0.15, 0.2) is 54.1 Å². The zero-order chi connectivity index (χ0) is 25.2. The fourth-order valence-electron chi connectivity index (χ4n) is 2.21. The first-order valence-corrected chi connectivity index (χ1v) is 9.31. The zero-order valence-corrected chi connectivity index (χ0v) is 16.0. The molecule has 1 unspecified atom stereocenters. The molecule has 0 aliphatic carbocycles. The Hall–Kier alpha value is -3.56. The van der Waals surface area contributed by atoms with E-state index in [0.29, 0.717) is 0 Å². The molecule has 1 aliphatic heterocycles. The van der Waals surface area contributed by atoms with Crippen molar-refractivity contribution in [3.63, 3.8) is 0 Å². The van der Waals surface area contributed by atoms with Crippen LogP contribution in [0.2, 0.25) is 0 Å². The normalized spacial score (nSPS) is 20.1. The lowest BCUT2D eigenvalue weighted by atomic mass is 10.0. The van der Waals surface area contributed by atoms with Gasteiger partial charge in [-0.3, -0.25) is 4.79 Å². The van der Waals surface area contributed by atoms with Gasteiger partial charge >= 0.3 is 16.3 Å². The number of aryl methyl sites for hydroxylation is 1. The fraction of sp³-hybridized carbons (Fsp3) is 0.158. The summed E-state index contributed by atoms with van der Waals surface area (Å²) in [5, 5.41) is 0. The van der Waals surface area contributed by atoms with Crippen LogP contribution in [-0.2, 0) is 39.1 Å². The zero-order valence-electron chi connectivity index (χ0n) is 18.1. The van der Waals surface area contributed by atoms with Crippen LogP contribution in [-0.4, -0.2) is 20.4 Å². The lowest BCUT2D eigenvalue weighted by Crippen LogP contribution is -2.16. The third-order valence-electron chi connectivity index (χ3n) is 3.56. The highest BCUT2D eigenvalue weighted by atomic mass is 32.2. The van der Waals surface area contributed by atoms with E-state index in [1.54, 1.807) is 0 Å². The second-order valence-electron chi connectivity index (χ2n) is 5.65. The number of halogens is 2. The van der Waals surface area contributed by atoms with Gasteiger partial charge in [0.05, 0.1) is 4.11 Å². The second-order valence-corrected chi connectivity index (χ2v) is 6.93. The van der Waals surface area contributed by atoms with E-state index < -0.39 is 56.5 Å². The number of carbonyl (C=O) groups is 1. The minimum absolute atomic E-state index is 0.236. The van der Waals surface area contributed by atoms with Crippen molar-refractivity contribution in [2.24, 2.45) is 5.73 Å². The van der Waals surface area contributed by atoms with Gasteiger partial charge < -0.3 is 14.7 Å². The highest BCUT2D eigenvalue weighted by Crippen LogP contribution is 2.33. The number of rotatable bonds is 5. The molecule has 0 saturated carbocycles. The van der Waals surface area contributed by atoms with Gasteiger partial charge in [0, 0.05) is 5.56 Å². The molecule has 0 fully saturated rings. The molecule has 1 aliphatic rings. The van der Waals surface area contributed by atoms with Crippen molar-refractivity contribution in [3.8, 4) is 0 Å². The Morgan fingerprint density at radius 2 is 1.83 bits per heavy atom. The number of nitrogens with two attached hydrogens (primary N) is 1. The third-order valence-corrected chi connectivity index (χ3v) is 4.43. The minimum atomic E-state index is -5.21. The summed E-state index contributed by atoms with van der Waals surface area (Å²) >= 11 is 0. The molecule has 11 heteroatoms. The first kappa shape index (κ1) is 18.5. The Bertz CT molecular complexity index is 1260. The molecule has 2 aromatic rings. The summed E-state index contributed by atoms with van der Waals surface area (Å²) in [5.41, 5.74) is 1.83. The average molecular weight is 442 g/mol. The maximum atomic E-state index is 13.9. The summed E-state index contributed by atoms with van der Waals surface area (Å²) in [5.74, 6) is -4.81. The monoisotopic (exact) mass is 442 g/mol. The second kappa shape index (κ2) is 9.29. The molecule has 158 valence electrons. The van der Waals surface area contributed by atoms with Gasteiger partial charge in [0.25, 0.3) is 0 Å². The van der Waals surface area contributed by atoms with E-state index in [4.69, 9.17) is 24.2 Å². The SMILES string of the molecule is O=C=O.[2H]C1(c2ccc(C)c(F)c2)OC(N)=C(OS(=O)(=O)C([2H])([2H])c2ccc(F)cc2)C1=O. The van der Waals surface area contributed by atoms with Crippen molar-refractivity contribution < 1.29 is 44.6 Å². The molecule has 0 bridgehead atoms. The van der Waals surface area contributed by atoms with Gasteiger partial charge in [-0.05, 0) is 36.2 Å². The smallest absolute Gasteiger partial charge is 0.373 e. The van der Waals surface area contributed by atoms with Crippen LogP contribution in [0.5, 0.6) is 0 Å². The molecule has 0 amide bonds. The van der Waals surface area contributed by atoms with Gasteiger partial charge in [-0.1, -0.05) is 24.3 Å². The Kier molecular flexibility index (Phi) is 5.72. The van der Waals surface area contributed by atoms with E-state index in [9.17, 15) is 22.0 Å². The molecule has 2 N–H and O–H groups in total. The quantitative estimate of drug-likeness (QED) is 0.696. The van der Waals surface area contributed by atoms with Crippen molar-refractivity contribution >= 4 is 22.1 Å². The summed E-state index contributed by atoms with van der Waals surface area (Å²) in [6.45, 7) is 1.46. The molecule has 3 rings (SSSR count). The van der Waals surface area contributed by atoms with Gasteiger partial charge in [0.15, 0.2) is 6.08 Å². The largest absolute Gasteiger partial charge is 0.460 e. The highest BCUT2D eigenvalue weighted by molar-refractivity contribution is 7.86. The number of hydrogen-bond donors (Lipinski definition) is 1. The fourth-order valence-corrected chi connectivity index (χ4v) is 3.06. The van der Waals surface area contributed by atoms with Gasteiger partial charge in [-0.15, -0.1) is 0 Å². The number of ether oxygens (including phenoxy) is 1. The first-order valence-electron chi connectivity index (χ1n) is 9.40. The molecule has 1 atom stereocenters. The maximum Gasteiger partial charge on any atom is 0.373 e. The Morgan fingerprint density at radius 1 is 1.23 bits per heavy atom. The van der Waals surface area contributed by atoms with E-state index >= 15 is 0 Å². The van der Waals surface area contributed by atoms with Crippen LogP contribution in [0.25, 0.3) is 0 Å². The van der Waals surface area contributed by atoms with Gasteiger partial charge in [-0.25, -0.2) is 8.78 Å². The average Bonchev–Trinajstić information content (AvgIpc) is 2.94. The van der Waals surface area contributed by atoms with E-state index in [-0.39, 0.29) is 17.3 Å². The standard InChI is InChI=1S/C18H15F2NO5S.CO2/c1-10-2-5-12(8-14(10)20)16-15(22)17(18(21)25-16)26-27(23,24)9-11-3-6-13(19)7-4-11;2-1-3/h2-8,16H,9,21H2,1H3;/i9D2,16D;. The topological polar surface area (TPSA) is 130 Å². The van der Waals surface area contributed by atoms with E-state index in [0.717, 1.165) is 30.3 Å². The van der Waals surface area contributed by atoms with Crippen LogP contribution < -0.4 is 5.73 Å². The molecule has 0 saturated heterocycles. The molecular formula is C19H15F2NO7S. The lowest BCUT2D eigenvalue weighted by Gasteiger charge is -2.10. The predicted octanol–water partition coefficient (Wildman–Crippen LogP) is 2.00. The van der Waals surface area contributed by atoms with Gasteiger partial charge in [-0.2, -0.15) is 18.0 Å². The van der Waals surface area contributed by atoms with Gasteiger partial charge in [0.2, 0.25) is 17.4 Å². The third kappa shape index (κ3) is 5.49. The molecule has 2 aromatic carbocycles. The first-order chi connectivity index (χ1) is 15.2. The van der Waals surface area contributed by atoms with Crippen LogP contribution >= 0.6 is 0 Å². The van der Waals surface area contributed by atoms with E-state index in [2.05, 4.69) is 4.18 Å². The lowest BCUT2D eigenvalue weighted by molar-refractivity contribution is -0.191. The van der Waals surface area contributed by atoms with Crippen molar-refractivity contribution in [2.75, 3.05) is 0 Å². The Balaban J connectivity index is 0.00000122. The van der Waals surface area contributed by atoms with Crippen LogP contribution in [0, 0.1) is 18.6 Å². The molecule has 0 aromatic heterocycles. The predicted molar refractivity (Wildman–Crippen MR) is 96.3 cm³/mol. The number of ketones is 1. The van der Waals surface area contributed by atoms with E-state index in [1.165, 1.54) is 19.1 Å². The molecule has 0 spiro atoms. The summed E-state index contributed by atoms with van der Waals surface area (Å²) in [6, 6.07) is 6.86. The molecular weight excluding hydrogens is 424 g/mol. The minimum Gasteiger partial charge on any atom is -0.460 e. The van der Waals surface area contributed by atoms with Crippen molar-refractivity contribution in [1.82, 2.24) is 0 Å². The summed E-state index contributed by atoms with van der Waals surface area (Å²) < 4.78 is 85.5. The van der Waals surface area contributed by atoms with E-state index in [1.807, 2.05) is 0 Å². The molecule has 8 nitrogen and oxygen atoms in total. The Morgan fingerprint density at radius 3 is 2.40 bits per heavy atom. The van der Waals surface area contributed by atoms with Gasteiger partial charge in [0.1, 0.15) is 17.3 Å². The molecule has 30 heavy (non-hydrogen) atoms. The highest BCUT2D eigenvalue weighted by Gasteiger charge is 2.39. The maximum absolute atomic E-state index is 13.9. The van der Waals surface area contributed by atoms with Crippen molar-refractivity contribution in [2.45, 2.75) is 18.7 Å². The number of hydrogen-bond acceptors (Lipinski definition) is 8. The summed E-state index contributed by atoms with van der Waals surface area (Å²) in [7, 11) is -5.21. The summed E-state index contributed by atoms with van der Waals surface area (Å²) in [4.78, 5) is 28.9. The van der Waals surface area contributed by atoms with Crippen LogP contribution in [0.3, 0.4) is 0 Å². The number of carbonyl (C=O) groups excluding carboxylic acids is 3. The van der Waals surface area contributed by atoms with Crippen LogP contribution in [0.1, 0.15) is 26.9 Å². The van der Waals surface area contributed by atoms with Crippen LogP contribution in [0.4, 0.5) is 8.78 Å². The van der Waals surface area contributed by atoms with Crippen molar-refractivity contribution in [3.05, 3.63) is 82.4 Å². The summed E-state index contributed by atoms with van der Waals surface area (Å²) in [6.07, 6.45) is -2.37. The Labute approximate surface area is 174 Å². The molecule has 0 radical (unpaired) electrons. The number of Topliss-reactive ketones (excluding diaryl/α,β-unsaturated/α-hetero) is 1. The number of benzene rings is 2. The molecule has 1 heterocycles.